The van der Waals surface area contributed by atoms with Crippen LogP contribution in [0.4, 0.5) is 0 Å². The minimum Gasteiger partial charge on any atom is -0.507 e. The van der Waals surface area contributed by atoms with Gasteiger partial charge >= 0.3 is 0 Å². The van der Waals surface area contributed by atoms with Crippen molar-refractivity contribution in [3.8, 4) is 22.6 Å². The highest BCUT2D eigenvalue weighted by molar-refractivity contribution is 7.12. The van der Waals surface area contributed by atoms with Gasteiger partial charge in [-0.3, -0.25) is 4.79 Å². The van der Waals surface area contributed by atoms with E-state index in [0.29, 0.717) is 16.0 Å². The number of aliphatic hydroxyl groups is 1. The maximum Gasteiger partial charge on any atom is 0.203 e. The first kappa shape index (κ1) is 15.3. The van der Waals surface area contributed by atoms with E-state index in [1.807, 2.05) is 0 Å². The van der Waals surface area contributed by atoms with Crippen LogP contribution in [0.5, 0.6) is 11.5 Å². The van der Waals surface area contributed by atoms with Crippen molar-refractivity contribution in [1.29, 1.82) is 0 Å². The number of aromatic hydroxyl groups is 2. The van der Waals surface area contributed by atoms with Crippen LogP contribution < -0.4 is 0 Å². The van der Waals surface area contributed by atoms with Crippen LogP contribution in [0.25, 0.3) is 11.1 Å². The smallest absolute Gasteiger partial charge is 0.203 e. The van der Waals surface area contributed by atoms with Crippen molar-refractivity contribution in [2.75, 3.05) is 0 Å². The Labute approximate surface area is 136 Å². The van der Waals surface area contributed by atoms with E-state index in [4.69, 9.17) is 0 Å². The summed E-state index contributed by atoms with van der Waals surface area (Å²) in [4.78, 5) is 12.9. The second-order valence-electron chi connectivity index (χ2n) is 5.05. The lowest BCUT2D eigenvalue weighted by molar-refractivity contribution is 0.104. The molecule has 4 nitrogen and oxygen atoms in total. The zero-order valence-corrected chi connectivity index (χ0v) is 12.9. The number of phenolic OH excluding ortho intramolecular Hbond substituents is 2. The lowest BCUT2D eigenvalue weighted by atomic mass is 9.98. The van der Waals surface area contributed by atoms with Gasteiger partial charge in [0.05, 0.1) is 17.0 Å². The van der Waals surface area contributed by atoms with Gasteiger partial charge in [-0.15, -0.1) is 11.3 Å². The van der Waals surface area contributed by atoms with Crippen LogP contribution in [0, 0.1) is 0 Å². The topological polar surface area (TPSA) is 77.8 Å². The molecule has 0 aliphatic carbocycles. The van der Waals surface area contributed by atoms with Crippen molar-refractivity contribution < 1.29 is 20.1 Å². The second-order valence-corrected chi connectivity index (χ2v) is 6.00. The van der Waals surface area contributed by atoms with Gasteiger partial charge in [0, 0.05) is 5.56 Å². The van der Waals surface area contributed by atoms with Crippen molar-refractivity contribution in [2.45, 2.75) is 6.61 Å². The molecule has 3 aromatic rings. The molecule has 0 aliphatic heterocycles. The van der Waals surface area contributed by atoms with Crippen LogP contribution in [0.2, 0.25) is 0 Å². The first-order chi connectivity index (χ1) is 11.1. The molecule has 116 valence electrons. The molecule has 0 aliphatic rings. The summed E-state index contributed by atoms with van der Waals surface area (Å²) in [6, 6.07) is 13.0. The Kier molecular flexibility index (Phi) is 4.14. The Morgan fingerprint density at radius 1 is 1.00 bits per heavy atom. The molecule has 0 atom stereocenters. The Morgan fingerprint density at radius 3 is 2.35 bits per heavy atom. The average molecular weight is 326 g/mol. The van der Waals surface area contributed by atoms with Gasteiger partial charge in [0.15, 0.2) is 0 Å². The van der Waals surface area contributed by atoms with Gasteiger partial charge in [-0.25, -0.2) is 0 Å². The van der Waals surface area contributed by atoms with E-state index in [9.17, 15) is 20.1 Å². The fourth-order valence-corrected chi connectivity index (χ4v) is 3.10. The highest BCUT2D eigenvalue weighted by atomic mass is 32.1. The highest BCUT2D eigenvalue weighted by Gasteiger charge is 2.17. The number of carbonyl (C=O) groups is 1. The molecule has 3 rings (SSSR count). The fraction of sp³-hybridized carbons (Fsp3) is 0.0556. The zero-order chi connectivity index (χ0) is 16.4. The normalized spacial score (nSPS) is 10.7. The minimum atomic E-state index is -0.249. The van der Waals surface area contributed by atoms with E-state index in [1.54, 1.807) is 41.8 Å². The van der Waals surface area contributed by atoms with Gasteiger partial charge in [0.25, 0.3) is 0 Å². The van der Waals surface area contributed by atoms with Crippen LogP contribution in [0.1, 0.15) is 20.8 Å². The molecule has 0 bridgehead atoms. The summed E-state index contributed by atoms with van der Waals surface area (Å²) in [5.41, 5.74) is 1.70. The van der Waals surface area contributed by atoms with E-state index in [2.05, 4.69) is 0 Å². The predicted octanol–water partition coefficient (Wildman–Crippen LogP) is 3.55. The molecule has 3 N–H and O–H groups in total. The maximum atomic E-state index is 12.3. The van der Waals surface area contributed by atoms with E-state index in [0.717, 1.165) is 0 Å². The number of aliphatic hydroxyl groups excluding tert-OH is 1. The van der Waals surface area contributed by atoms with Crippen LogP contribution in [0.15, 0.2) is 53.9 Å². The number of carbonyl (C=O) groups excluding carboxylic acids is 1. The number of rotatable bonds is 4. The van der Waals surface area contributed by atoms with Gasteiger partial charge in [-0.05, 0) is 40.8 Å². The molecule has 1 aromatic heterocycles. The molecule has 0 saturated carbocycles. The lowest BCUT2D eigenvalue weighted by Gasteiger charge is -2.10. The van der Waals surface area contributed by atoms with Crippen molar-refractivity contribution in [3.05, 3.63) is 69.9 Å². The van der Waals surface area contributed by atoms with E-state index >= 15 is 0 Å². The molecule has 2 aromatic carbocycles. The SMILES string of the molecule is O=C(c1cc(O)c(-c2cccc(CO)c2)c(O)c1)c1cccs1. The van der Waals surface area contributed by atoms with Gasteiger partial charge in [-0.2, -0.15) is 0 Å². The Morgan fingerprint density at radius 2 is 1.74 bits per heavy atom. The molecule has 0 spiro atoms. The standard InChI is InChI=1S/C18H14O4S/c19-10-11-3-1-4-12(7-11)17-14(20)8-13(9-15(17)21)18(22)16-5-2-6-23-16/h1-9,19-21H,10H2. The molecule has 0 radical (unpaired) electrons. The fourth-order valence-electron chi connectivity index (χ4n) is 2.41. The van der Waals surface area contributed by atoms with Gasteiger partial charge in [-0.1, -0.05) is 24.3 Å². The first-order valence-corrected chi connectivity index (χ1v) is 7.82. The third-order valence-corrected chi connectivity index (χ3v) is 4.37. The summed E-state index contributed by atoms with van der Waals surface area (Å²) in [6.45, 7) is -0.135. The largest absolute Gasteiger partial charge is 0.507 e. The molecular formula is C18H14O4S. The van der Waals surface area contributed by atoms with E-state index in [-0.39, 0.29) is 35.0 Å². The highest BCUT2D eigenvalue weighted by Crippen LogP contribution is 2.39. The van der Waals surface area contributed by atoms with Crippen molar-refractivity contribution in [3.63, 3.8) is 0 Å². The van der Waals surface area contributed by atoms with Crippen molar-refractivity contribution in [2.24, 2.45) is 0 Å². The number of hydrogen-bond donors (Lipinski definition) is 3. The lowest BCUT2D eigenvalue weighted by Crippen LogP contribution is -1.99. The summed E-state index contributed by atoms with van der Waals surface area (Å²) in [7, 11) is 0. The molecule has 1 heterocycles. The molecular weight excluding hydrogens is 312 g/mol. The van der Waals surface area contributed by atoms with Gasteiger partial charge in [0.2, 0.25) is 5.78 Å². The number of benzene rings is 2. The van der Waals surface area contributed by atoms with Gasteiger partial charge in [0.1, 0.15) is 11.5 Å². The second kappa shape index (κ2) is 6.24. The maximum absolute atomic E-state index is 12.3. The summed E-state index contributed by atoms with van der Waals surface area (Å²) >= 11 is 1.30. The molecule has 0 fully saturated rings. The minimum absolute atomic E-state index is 0.135. The summed E-state index contributed by atoms with van der Waals surface area (Å²) in [6.07, 6.45) is 0. The van der Waals surface area contributed by atoms with Crippen LogP contribution >= 0.6 is 11.3 Å². The van der Waals surface area contributed by atoms with E-state index in [1.165, 1.54) is 23.5 Å². The number of hydrogen-bond acceptors (Lipinski definition) is 5. The summed E-state index contributed by atoms with van der Waals surface area (Å²) < 4.78 is 0. The van der Waals surface area contributed by atoms with Crippen LogP contribution in [-0.4, -0.2) is 21.1 Å². The third kappa shape index (κ3) is 2.97. The molecule has 23 heavy (non-hydrogen) atoms. The zero-order valence-electron chi connectivity index (χ0n) is 12.1. The molecule has 5 heteroatoms. The number of phenols is 2. The van der Waals surface area contributed by atoms with Crippen molar-refractivity contribution >= 4 is 17.1 Å². The predicted molar refractivity (Wildman–Crippen MR) is 88.9 cm³/mol. The third-order valence-electron chi connectivity index (χ3n) is 3.50. The quantitative estimate of drug-likeness (QED) is 0.641. The van der Waals surface area contributed by atoms with Crippen molar-refractivity contribution in [1.82, 2.24) is 0 Å². The van der Waals surface area contributed by atoms with Crippen LogP contribution in [0.3, 0.4) is 0 Å². The summed E-state index contributed by atoms with van der Waals surface area (Å²) in [5, 5.41) is 31.5. The molecule has 0 amide bonds. The number of ketones is 1. The molecule has 0 unspecified atom stereocenters. The monoisotopic (exact) mass is 326 g/mol. The summed E-state index contributed by atoms with van der Waals surface area (Å²) in [5.74, 6) is -0.610. The van der Waals surface area contributed by atoms with Gasteiger partial charge < -0.3 is 15.3 Å². The Balaban J connectivity index is 2.05. The Bertz CT molecular complexity index is 830. The number of thiophene rings is 1. The van der Waals surface area contributed by atoms with E-state index < -0.39 is 0 Å². The first-order valence-electron chi connectivity index (χ1n) is 6.94. The molecule has 0 saturated heterocycles. The van der Waals surface area contributed by atoms with Crippen LogP contribution in [-0.2, 0) is 6.61 Å². The Hall–Kier alpha value is -2.63. The average Bonchev–Trinajstić information content (AvgIpc) is 3.08.